The summed E-state index contributed by atoms with van der Waals surface area (Å²) in [5, 5.41) is 0. The Morgan fingerprint density at radius 3 is 2.65 bits per heavy atom. The van der Waals surface area contributed by atoms with Gasteiger partial charge < -0.3 is 4.74 Å². The Morgan fingerprint density at radius 1 is 1.29 bits per heavy atom. The smallest absolute Gasteiger partial charge is 0.193 e. The maximum Gasteiger partial charge on any atom is 0.193 e. The molecule has 2 rings (SSSR count). The van der Waals surface area contributed by atoms with Gasteiger partial charge in [-0.15, -0.1) is 0 Å². The van der Waals surface area contributed by atoms with E-state index in [1.54, 1.807) is 12.1 Å². The van der Waals surface area contributed by atoms with Gasteiger partial charge in [-0.3, -0.25) is 4.79 Å². The van der Waals surface area contributed by atoms with Gasteiger partial charge in [0, 0.05) is 16.7 Å². The highest BCUT2D eigenvalue weighted by Gasteiger charge is 2.23. The molecule has 0 N–H and O–H groups in total. The highest BCUT2D eigenvalue weighted by atomic mass is 19.1. The molecule has 3 heteroatoms. The van der Waals surface area contributed by atoms with Crippen LogP contribution in [0.3, 0.4) is 0 Å². The van der Waals surface area contributed by atoms with Crippen LogP contribution in [0.1, 0.15) is 29.8 Å². The van der Waals surface area contributed by atoms with Gasteiger partial charge in [-0.2, -0.15) is 0 Å². The molecule has 0 fully saturated rings. The lowest BCUT2D eigenvalue weighted by Crippen LogP contribution is -2.14. The van der Waals surface area contributed by atoms with Crippen molar-refractivity contribution in [3.05, 3.63) is 53.4 Å². The zero-order chi connectivity index (χ0) is 12.6. The fourth-order valence-corrected chi connectivity index (χ4v) is 1.75. The summed E-state index contributed by atoms with van der Waals surface area (Å²) in [5.74, 6) is -0.120. The maximum atomic E-state index is 13.1. The van der Waals surface area contributed by atoms with E-state index in [-0.39, 0.29) is 11.9 Å². The Kier molecular flexibility index (Phi) is 2.84. The molecule has 0 amide bonds. The predicted octanol–water partition coefficient (Wildman–Crippen LogP) is 3.34. The molecule has 0 spiro atoms. The van der Waals surface area contributed by atoms with Crippen LogP contribution < -0.4 is 0 Å². The average molecular weight is 232 g/mol. The molecular formula is C14H13FO2. The Bertz CT molecular complexity index is 527. The summed E-state index contributed by atoms with van der Waals surface area (Å²) in [6.07, 6.45) is 1.59. The van der Waals surface area contributed by atoms with Crippen molar-refractivity contribution in [3.8, 4) is 0 Å². The van der Waals surface area contributed by atoms with Crippen molar-refractivity contribution in [1.29, 1.82) is 0 Å². The normalized spacial score (nSPS) is 14.7. The summed E-state index contributed by atoms with van der Waals surface area (Å²) in [6.45, 7) is 7.44. The summed E-state index contributed by atoms with van der Waals surface area (Å²) in [6, 6.07) is 4.10. The van der Waals surface area contributed by atoms with Gasteiger partial charge in [0.05, 0.1) is 6.10 Å². The van der Waals surface area contributed by atoms with E-state index in [0.29, 0.717) is 22.5 Å². The molecule has 2 nitrogen and oxygen atoms in total. The molecule has 88 valence electrons. The van der Waals surface area contributed by atoms with Crippen molar-refractivity contribution < 1.29 is 13.9 Å². The molecule has 0 bridgehead atoms. The molecule has 17 heavy (non-hydrogen) atoms. The van der Waals surface area contributed by atoms with E-state index in [1.165, 1.54) is 12.1 Å². The van der Waals surface area contributed by atoms with Crippen LogP contribution in [-0.4, -0.2) is 11.9 Å². The third-order valence-electron chi connectivity index (χ3n) is 2.45. The minimum atomic E-state index is -0.435. The van der Waals surface area contributed by atoms with Crippen LogP contribution >= 0.6 is 0 Å². The number of rotatable bonds is 2. The fourth-order valence-electron chi connectivity index (χ4n) is 1.75. The number of benzene rings is 1. The Balaban J connectivity index is 2.54. The summed E-state index contributed by atoms with van der Waals surface area (Å²) in [5.41, 5.74) is 1.25. The molecule has 0 aromatic heterocycles. The molecule has 0 radical (unpaired) electrons. The third-order valence-corrected chi connectivity index (χ3v) is 2.45. The van der Waals surface area contributed by atoms with Gasteiger partial charge >= 0.3 is 0 Å². The molecule has 0 atom stereocenters. The van der Waals surface area contributed by atoms with Crippen molar-refractivity contribution in [2.45, 2.75) is 20.0 Å². The summed E-state index contributed by atoms with van der Waals surface area (Å²) >= 11 is 0. The van der Waals surface area contributed by atoms with Crippen LogP contribution in [0, 0.1) is 5.82 Å². The first-order chi connectivity index (χ1) is 7.99. The minimum Gasteiger partial charge on any atom is -0.490 e. The summed E-state index contributed by atoms with van der Waals surface area (Å²) in [7, 11) is 0. The van der Waals surface area contributed by atoms with Crippen molar-refractivity contribution in [2.24, 2.45) is 0 Å². The SMILES string of the molecule is C=C1C=C(OC(C)C)c2ccc(F)cc2C1=O. The van der Waals surface area contributed by atoms with Crippen LogP contribution in [-0.2, 0) is 4.74 Å². The van der Waals surface area contributed by atoms with Crippen LogP contribution in [0.25, 0.3) is 5.76 Å². The number of allylic oxidation sites excluding steroid dienone is 2. The molecule has 0 heterocycles. The van der Waals surface area contributed by atoms with Gasteiger partial charge in [0.25, 0.3) is 0 Å². The molecule has 0 aliphatic heterocycles. The highest BCUT2D eigenvalue weighted by Crippen LogP contribution is 2.30. The standard InChI is InChI=1S/C14H13FO2/c1-8(2)17-13-6-9(3)14(16)12-7-10(15)4-5-11(12)13/h4-8H,3H2,1-2H3. The highest BCUT2D eigenvalue weighted by molar-refractivity contribution is 6.15. The Labute approximate surface area is 99.4 Å². The maximum absolute atomic E-state index is 13.1. The molecule has 1 aliphatic rings. The third kappa shape index (κ3) is 2.13. The van der Waals surface area contributed by atoms with Gasteiger partial charge in [0.2, 0.25) is 0 Å². The van der Waals surface area contributed by atoms with Crippen LogP contribution in [0.5, 0.6) is 0 Å². The summed E-state index contributed by atoms with van der Waals surface area (Å²) in [4.78, 5) is 11.8. The molecule has 1 aliphatic carbocycles. The first-order valence-electron chi connectivity index (χ1n) is 5.41. The second kappa shape index (κ2) is 4.17. The minimum absolute atomic E-state index is 0.0137. The molecule has 1 aromatic rings. The van der Waals surface area contributed by atoms with Crippen LogP contribution in [0.15, 0.2) is 36.4 Å². The average Bonchev–Trinajstić information content (AvgIpc) is 2.24. The first kappa shape index (κ1) is 11.6. The van der Waals surface area contributed by atoms with E-state index in [0.717, 1.165) is 0 Å². The molecule has 0 saturated heterocycles. The number of ketones is 1. The monoisotopic (exact) mass is 232 g/mol. The van der Waals surface area contributed by atoms with Gasteiger partial charge in [-0.1, -0.05) is 6.58 Å². The van der Waals surface area contributed by atoms with E-state index < -0.39 is 5.82 Å². The molecule has 1 aromatic carbocycles. The zero-order valence-corrected chi connectivity index (χ0v) is 9.79. The fraction of sp³-hybridized carbons (Fsp3) is 0.214. The van der Waals surface area contributed by atoms with Crippen molar-refractivity contribution in [2.75, 3.05) is 0 Å². The van der Waals surface area contributed by atoms with Gasteiger partial charge in [0.15, 0.2) is 5.78 Å². The molecular weight excluding hydrogens is 219 g/mol. The van der Waals surface area contributed by atoms with E-state index in [1.807, 2.05) is 13.8 Å². The lowest BCUT2D eigenvalue weighted by Gasteiger charge is -2.20. The van der Waals surface area contributed by atoms with Gasteiger partial charge in [-0.25, -0.2) is 4.39 Å². The predicted molar refractivity (Wildman–Crippen MR) is 64.1 cm³/mol. The Hall–Kier alpha value is -1.90. The van der Waals surface area contributed by atoms with Crippen LogP contribution in [0.4, 0.5) is 4.39 Å². The second-order valence-electron chi connectivity index (χ2n) is 4.22. The van der Waals surface area contributed by atoms with E-state index in [4.69, 9.17) is 4.74 Å². The van der Waals surface area contributed by atoms with Crippen molar-refractivity contribution in [3.63, 3.8) is 0 Å². The van der Waals surface area contributed by atoms with E-state index in [9.17, 15) is 9.18 Å². The zero-order valence-electron chi connectivity index (χ0n) is 9.79. The van der Waals surface area contributed by atoms with Gasteiger partial charge in [0.1, 0.15) is 11.6 Å². The number of hydrogen-bond donors (Lipinski definition) is 0. The Morgan fingerprint density at radius 2 is 2.00 bits per heavy atom. The lowest BCUT2D eigenvalue weighted by atomic mass is 9.92. The van der Waals surface area contributed by atoms with E-state index in [2.05, 4.69) is 6.58 Å². The number of carbonyl (C=O) groups is 1. The van der Waals surface area contributed by atoms with E-state index >= 15 is 0 Å². The largest absolute Gasteiger partial charge is 0.490 e. The number of hydrogen-bond acceptors (Lipinski definition) is 2. The first-order valence-corrected chi connectivity index (χ1v) is 5.41. The number of carbonyl (C=O) groups excluding carboxylic acids is 1. The number of Topliss-reactive ketones (excluding diaryl/α,β-unsaturated/α-hetero) is 1. The topological polar surface area (TPSA) is 26.3 Å². The number of fused-ring (bicyclic) bond motifs is 1. The second-order valence-corrected chi connectivity index (χ2v) is 4.22. The lowest BCUT2D eigenvalue weighted by molar-refractivity contribution is 0.103. The van der Waals surface area contributed by atoms with Crippen LogP contribution in [0.2, 0.25) is 0 Å². The van der Waals surface area contributed by atoms with Gasteiger partial charge in [-0.05, 0) is 38.1 Å². The quantitative estimate of drug-likeness (QED) is 0.731. The number of halogens is 1. The molecule has 0 saturated carbocycles. The molecule has 0 unspecified atom stereocenters. The summed E-state index contributed by atoms with van der Waals surface area (Å²) < 4.78 is 18.7. The number of ether oxygens (including phenoxy) is 1. The van der Waals surface area contributed by atoms with Crippen molar-refractivity contribution >= 4 is 11.5 Å². The van der Waals surface area contributed by atoms with Crippen molar-refractivity contribution in [1.82, 2.24) is 0 Å².